The number of hydrogen-bond donors (Lipinski definition) is 0. The van der Waals surface area contributed by atoms with Crippen LogP contribution in [0.2, 0.25) is 0 Å². The van der Waals surface area contributed by atoms with Crippen molar-refractivity contribution in [2.75, 3.05) is 12.4 Å². The Bertz CT molecular complexity index is 825. The van der Waals surface area contributed by atoms with Crippen molar-refractivity contribution in [3.63, 3.8) is 0 Å². The maximum absolute atomic E-state index is 5.89. The lowest BCUT2D eigenvalue weighted by molar-refractivity contribution is 0.343. The molecule has 4 rings (SSSR count). The van der Waals surface area contributed by atoms with Gasteiger partial charge in [-0.1, -0.05) is 36.9 Å². The van der Waals surface area contributed by atoms with Crippen molar-refractivity contribution in [3.8, 4) is 16.5 Å². The summed E-state index contributed by atoms with van der Waals surface area (Å²) < 4.78 is 8.20. The van der Waals surface area contributed by atoms with Crippen molar-refractivity contribution < 1.29 is 4.74 Å². The first kappa shape index (κ1) is 16.7. The van der Waals surface area contributed by atoms with Gasteiger partial charge in [0.05, 0.1) is 11.5 Å². The van der Waals surface area contributed by atoms with E-state index in [9.17, 15) is 0 Å². The molecule has 130 valence electrons. The van der Waals surface area contributed by atoms with Gasteiger partial charge in [0.15, 0.2) is 11.0 Å². The van der Waals surface area contributed by atoms with Gasteiger partial charge in [-0.2, -0.15) is 0 Å². The van der Waals surface area contributed by atoms with Gasteiger partial charge in [-0.15, -0.1) is 21.5 Å². The molecule has 0 atom stereocenters. The lowest BCUT2D eigenvalue weighted by atomic mass is 10.2. The zero-order valence-electron chi connectivity index (χ0n) is 14.2. The van der Waals surface area contributed by atoms with Gasteiger partial charge in [-0.05, 0) is 48.4 Å². The highest BCUT2D eigenvalue weighted by atomic mass is 32.2. The van der Waals surface area contributed by atoms with Gasteiger partial charge in [-0.3, -0.25) is 4.57 Å². The standard InChI is InChI=1S/C19H21N3OS2/c1-2-14-5-3-6-16(13-14)23-10-12-25-19-21-20-18(17-7-4-11-24-17)22(19)15-8-9-15/h3-7,11,13,15H,2,8-10,12H2,1H3. The summed E-state index contributed by atoms with van der Waals surface area (Å²) in [4.78, 5) is 1.19. The topological polar surface area (TPSA) is 39.9 Å². The van der Waals surface area contributed by atoms with Gasteiger partial charge in [0, 0.05) is 11.8 Å². The molecule has 1 saturated carbocycles. The fourth-order valence-electron chi connectivity index (χ4n) is 2.76. The van der Waals surface area contributed by atoms with Crippen LogP contribution in [-0.4, -0.2) is 27.1 Å². The molecule has 0 saturated heterocycles. The fourth-order valence-corrected chi connectivity index (χ4v) is 4.29. The van der Waals surface area contributed by atoms with Crippen LogP contribution in [-0.2, 0) is 6.42 Å². The second-order valence-electron chi connectivity index (χ2n) is 6.08. The predicted molar refractivity (Wildman–Crippen MR) is 104 cm³/mol. The van der Waals surface area contributed by atoms with Crippen LogP contribution in [0.3, 0.4) is 0 Å². The fraction of sp³-hybridized carbons (Fsp3) is 0.368. The third kappa shape index (κ3) is 3.90. The van der Waals surface area contributed by atoms with Crippen LogP contribution < -0.4 is 4.74 Å². The minimum atomic E-state index is 0.566. The quantitative estimate of drug-likeness (QED) is 0.409. The molecule has 2 aromatic heterocycles. The van der Waals surface area contributed by atoms with Crippen LogP contribution in [0, 0.1) is 0 Å². The molecule has 6 heteroatoms. The van der Waals surface area contributed by atoms with E-state index in [1.54, 1.807) is 23.1 Å². The Morgan fingerprint density at radius 1 is 1.24 bits per heavy atom. The molecule has 3 aromatic rings. The summed E-state index contributed by atoms with van der Waals surface area (Å²) >= 11 is 3.45. The van der Waals surface area contributed by atoms with Crippen LogP contribution in [0.4, 0.5) is 0 Å². The third-order valence-corrected chi connectivity index (χ3v) is 5.98. The number of benzene rings is 1. The van der Waals surface area contributed by atoms with E-state index in [0.29, 0.717) is 12.6 Å². The molecule has 1 aliphatic rings. The highest BCUT2D eigenvalue weighted by molar-refractivity contribution is 7.99. The molecule has 25 heavy (non-hydrogen) atoms. The maximum Gasteiger partial charge on any atom is 0.191 e. The Hall–Kier alpha value is -1.79. The summed E-state index contributed by atoms with van der Waals surface area (Å²) in [6.07, 6.45) is 3.48. The van der Waals surface area contributed by atoms with Gasteiger partial charge < -0.3 is 4.74 Å². The Labute approximate surface area is 156 Å². The molecule has 0 spiro atoms. The summed E-state index contributed by atoms with van der Waals surface area (Å²) in [7, 11) is 0. The number of aryl methyl sites for hydroxylation is 1. The van der Waals surface area contributed by atoms with Crippen LogP contribution in [0.5, 0.6) is 5.75 Å². The molecule has 0 aliphatic heterocycles. The van der Waals surface area contributed by atoms with Crippen LogP contribution in [0.25, 0.3) is 10.7 Å². The lowest BCUT2D eigenvalue weighted by Gasteiger charge is -2.09. The van der Waals surface area contributed by atoms with Crippen LogP contribution >= 0.6 is 23.1 Å². The maximum atomic E-state index is 5.89. The number of rotatable bonds is 8. The van der Waals surface area contributed by atoms with Crippen LogP contribution in [0.1, 0.15) is 31.4 Å². The monoisotopic (exact) mass is 371 g/mol. The third-order valence-electron chi connectivity index (χ3n) is 4.21. The van der Waals surface area contributed by atoms with Crippen molar-refractivity contribution in [1.82, 2.24) is 14.8 Å². The summed E-state index contributed by atoms with van der Waals surface area (Å²) in [5.41, 5.74) is 1.30. The van der Waals surface area contributed by atoms with Crippen molar-refractivity contribution in [3.05, 3.63) is 47.3 Å². The Balaban J connectivity index is 1.38. The van der Waals surface area contributed by atoms with E-state index < -0.39 is 0 Å². The van der Waals surface area contributed by atoms with Gasteiger partial charge in [0.1, 0.15) is 5.75 Å². The number of thioether (sulfide) groups is 1. The Kier molecular flexibility index (Phi) is 5.08. The summed E-state index contributed by atoms with van der Waals surface area (Å²) in [5, 5.41) is 12.0. The number of aromatic nitrogens is 3. The molecule has 2 heterocycles. The first-order valence-corrected chi connectivity index (χ1v) is 10.5. The van der Waals surface area contributed by atoms with E-state index >= 15 is 0 Å². The number of nitrogens with zero attached hydrogens (tertiary/aromatic N) is 3. The summed E-state index contributed by atoms with van der Waals surface area (Å²) in [6.45, 7) is 2.83. The summed E-state index contributed by atoms with van der Waals surface area (Å²) in [5.74, 6) is 2.82. The van der Waals surface area contributed by atoms with E-state index in [1.165, 1.54) is 23.3 Å². The number of hydrogen-bond acceptors (Lipinski definition) is 5. The Morgan fingerprint density at radius 2 is 2.16 bits per heavy atom. The molecule has 0 bridgehead atoms. The molecule has 4 nitrogen and oxygen atoms in total. The zero-order valence-corrected chi connectivity index (χ0v) is 15.9. The number of ether oxygens (including phenoxy) is 1. The zero-order chi connectivity index (χ0) is 17.1. The van der Waals surface area contributed by atoms with Crippen LogP contribution in [0.15, 0.2) is 46.9 Å². The van der Waals surface area contributed by atoms with E-state index in [1.807, 2.05) is 6.07 Å². The average Bonchev–Trinajstić information content (AvgIpc) is 3.17. The average molecular weight is 372 g/mol. The first-order valence-electron chi connectivity index (χ1n) is 8.68. The Morgan fingerprint density at radius 3 is 2.92 bits per heavy atom. The van der Waals surface area contributed by atoms with Gasteiger partial charge >= 0.3 is 0 Å². The normalized spacial score (nSPS) is 14.0. The second kappa shape index (κ2) is 7.62. The molecular formula is C19H21N3OS2. The van der Waals surface area contributed by atoms with E-state index in [4.69, 9.17) is 4.74 Å². The largest absolute Gasteiger partial charge is 0.493 e. The molecule has 0 amide bonds. The lowest BCUT2D eigenvalue weighted by Crippen LogP contribution is -2.03. The van der Waals surface area contributed by atoms with E-state index in [0.717, 1.165) is 28.9 Å². The minimum Gasteiger partial charge on any atom is -0.493 e. The van der Waals surface area contributed by atoms with Gasteiger partial charge in [0.2, 0.25) is 0 Å². The van der Waals surface area contributed by atoms with Crippen molar-refractivity contribution in [2.45, 2.75) is 37.4 Å². The molecule has 0 N–H and O–H groups in total. The molecule has 1 aromatic carbocycles. The SMILES string of the molecule is CCc1cccc(OCCSc2nnc(-c3cccs3)n2C2CC2)c1. The van der Waals surface area contributed by atoms with Gasteiger partial charge in [0.25, 0.3) is 0 Å². The van der Waals surface area contributed by atoms with Gasteiger partial charge in [-0.25, -0.2) is 0 Å². The van der Waals surface area contributed by atoms with E-state index in [-0.39, 0.29) is 0 Å². The molecular weight excluding hydrogens is 350 g/mol. The van der Waals surface area contributed by atoms with Crippen molar-refractivity contribution >= 4 is 23.1 Å². The minimum absolute atomic E-state index is 0.566. The second-order valence-corrected chi connectivity index (χ2v) is 8.09. The molecule has 1 aliphatic carbocycles. The van der Waals surface area contributed by atoms with Crippen molar-refractivity contribution in [1.29, 1.82) is 0 Å². The molecule has 0 unspecified atom stereocenters. The molecule has 1 fully saturated rings. The highest BCUT2D eigenvalue weighted by Crippen LogP contribution is 2.41. The number of thiophene rings is 1. The predicted octanol–water partition coefficient (Wildman–Crippen LogP) is 5.08. The van der Waals surface area contributed by atoms with E-state index in [2.05, 4.69) is 57.4 Å². The summed E-state index contributed by atoms with van der Waals surface area (Å²) in [6, 6.07) is 13.1. The van der Waals surface area contributed by atoms with Crippen molar-refractivity contribution in [2.24, 2.45) is 0 Å². The first-order chi connectivity index (χ1) is 12.3. The highest BCUT2D eigenvalue weighted by Gasteiger charge is 2.30. The molecule has 0 radical (unpaired) electrons. The smallest absolute Gasteiger partial charge is 0.191 e.